The summed E-state index contributed by atoms with van der Waals surface area (Å²) in [5.74, 6) is -0.324. The van der Waals surface area contributed by atoms with Gasteiger partial charge in [0.05, 0.1) is 11.1 Å². The molecule has 0 spiro atoms. The zero-order chi connectivity index (χ0) is 11.0. The Hall–Kier alpha value is -1.64. The van der Waals surface area contributed by atoms with Crippen LogP contribution in [0, 0.1) is 0 Å². The predicted octanol–water partition coefficient (Wildman–Crippen LogP) is 2.08. The first-order chi connectivity index (χ1) is 7.16. The number of nitrogens with zero attached hydrogens (tertiary/aromatic N) is 1. The Bertz CT molecular complexity index is 390. The molecule has 0 radical (unpaired) electrons. The highest BCUT2D eigenvalue weighted by Crippen LogP contribution is 2.24. The SMILES string of the molecule is CCC(C)N1C(=O)c2ccccc2C1=O. The van der Waals surface area contributed by atoms with Gasteiger partial charge in [0.1, 0.15) is 0 Å². The van der Waals surface area contributed by atoms with Gasteiger partial charge in [0.25, 0.3) is 11.8 Å². The lowest BCUT2D eigenvalue weighted by Gasteiger charge is -2.20. The molecule has 2 rings (SSSR count). The number of carbonyl (C=O) groups excluding carboxylic acids is 2. The van der Waals surface area contributed by atoms with Gasteiger partial charge in [-0.1, -0.05) is 19.1 Å². The molecule has 3 nitrogen and oxygen atoms in total. The van der Waals surface area contributed by atoms with Gasteiger partial charge < -0.3 is 0 Å². The molecule has 78 valence electrons. The monoisotopic (exact) mass is 203 g/mol. The number of rotatable bonds is 2. The Kier molecular flexibility index (Phi) is 2.31. The third-order valence-electron chi connectivity index (χ3n) is 2.86. The van der Waals surface area contributed by atoms with E-state index < -0.39 is 0 Å². The van der Waals surface area contributed by atoms with E-state index in [-0.39, 0.29) is 17.9 Å². The number of fused-ring (bicyclic) bond motifs is 1. The quantitative estimate of drug-likeness (QED) is 0.690. The summed E-state index contributed by atoms with van der Waals surface area (Å²) in [5.41, 5.74) is 1.06. The molecule has 1 aliphatic heterocycles. The van der Waals surface area contributed by atoms with E-state index in [1.165, 1.54) is 4.90 Å². The van der Waals surface area contributed by atoms with Gasteiger partial charge in [-0.15, -0.1) is 0 Å². The van der Waals surface area contributed by atoms with E-state index in [1.807, 2.05) is 13.8 Å². The molecular formula is C12H13NO2. The van der Waals surface area contributed by atoms with Crippen molar-refractivity contribution in [3.8, 4) is 0 Å². The lowest BCUT2D eigenvalue weighted by molar-refractivity contribution is 0.0593. The predicted molar refractivity (Wildman–Crippen MR) is 56.7 cm³/mol. The van der Waals surface area contributed by atoms with E-state index in [2.05, 4.69) is 0 Å². The smallest absolute Gasteiger partial charge is 0.261 e. The number of carbonyl (C=O) groups is 2. The lowest BCUT2D eigenvalue weighted by atomic mass is 10.1. The molecular weight excluding hydrogens is 190 g/mol. The summed E-state index contributed by atoms with van der Waals surface area (Å²) < 4.78 is 0. The maximum atomic E-state index is 11.9. The minimum absolute atomic E-state index is 0.0302. The Balaban J connectivity index is 2.45. The first-order valence-corrected chi connectivity index (χ1v) is 5.13. The summed E-state index contributed by atoms with van der Waals surface area (Å²) in [6, 6.07) is 6.95. The number of imide groups is 1. The standard InChI is InChI=1S/C12H13NO2/c1-3-8(2)13-11(14)9-6-4-5-7-10(9)12(13)15/h4-8H,3H2,1-2H3. The molecule has 0 aromatic heterocycles. The van der Waals surface area contributed by atoms with E-state index >= 15 is 0 Å². The van der Waals surface area contributed by atoms with Crippen molar-refractivity contribution in [1.82, 2.24) is 4.90 Å². The summed E-state index contributed by atoms with van der Waals surface area (Å²) in [4.78, 5) is 25.2. The molecule has 1 aromatic carbocycles. The highest BCUT2D eigenvalue weighted by molar-refractivity contribution is 6.21. The van der Waals surface area contributed by atoms with Gasteiger partial charge >= 0.3 is 0 Å². The van der Waals surface area contributed by atoms with Crippen molar-refractivity contribution in [3.63, 3.8) is 0 Å². The Morgan fingerprint density at radius 1 is 1.13 bits per heavy atom. The first-order valence-electron chi connectivity index (χ1n) is 5.13. The van der Waals surface area contributed by atoms with Crippen LogP contribution in [-0.2, 0) is 0 Å². The molecule has 0 bridgehead atoms. The van der Waals surface area contributed by atoms with Crippen molar-refractivity contribution in [1.29, 1.82) is 0 Å². The third-order valence-corrected chi connectivity index (χ3v) is 2.86. The van der Waals surface area contributed by atoms with Crippen molar-refractivity contribution in [2.45, 2.75) is 26.3 Å². The average molecular weight is 203 g/mol. The summed E-state index contributed by atoms with van der Waals surface area (Å²) in [7, 11) is 0. The highest BCUT2D eigenvalue weighted by Gasteiger charge is 2.37. The highest BCUT2D eigenvalue weighted by atomic mass is 16.2. The fourth-order valence-corrected chi connectivity index (χ4v) is 1.79. The normalized spacial score (nSPS) is 16.8. The minimum Gasteiger partial charge on any atom is -0.272 e. The summed E-state index contributed by atoms with van der Waals surface area (Å²) in [5, 5.41) is 0. The molecule has 0 saturated heterocycles. The largest absolute Gasteiger partial charge is 0.272 e. The topological polar surface area (TPSA) is 37.4 Å². The van der Waals surface area contributed by atoms with Crippen molar-refractivity contribution in [3.05, 3.63) is 35.4 Å². The summed E-state index contributed by atoms with van der Waals surface area (Å²) in [6.45, 7) is 3.86. The molecule has 0 fully saturated rings. The van der Waals surface area contributed by atoms with Crippen LogP contribution < -0.4 is 0 Å². The van der Waals surface area contributed by atoms with Crippen LogP contribution in [0.15, 0.2) is 24.3 Å². The lowest BCUT2D eigenvalue weighted by Crippen LogP contribution is -2.37. The number of amides is 2. The molecule has 1 aromatic rings. The Morgan fingerprint density at radius 3 is 2.00 bits per heavy atom. The molecule has 0 aliphatic carbocycles. The summed E-state index contributed by atoms with van der Waals surface area (Å²) in [6.07, 6.45) is 0.783. The molecule has 1 heterocycles. The Labute approximate surface area is 88.7 Å². The molecule has 1 aliphatic rings. The molecule has 1 atom stereocenters. The summed E-state index contributed by atoms with van der Waals surface area (Å²) >= 11 is 0. The maximum absolute atomic E-state index is 11.9. The van der Waals surface area contributed by atoms with E-state index in [4.69, 9.17) is 0 Å². The van der Waals surface area contributed by atoms with Gasteiger partial charge in [-0.25, -0.2) is 0 Å². The van der Waals surface area contributed by atoms with Crippen molar-refractivity contribution in [2.24, 2.45) is 0 Å². The molecule has 0 saturated carbocycles. The first kappa shape index (κ1) is 9.90. The number of hydrogen-bond acceptors (Lipinski definition) is 2. The van der Waals surface area contributed by atoms with Crippen LogP contribution in [0.25, 0.3) is 0 Å². The minimum atomic E-state index is -0.162. The van der Waals surface area contributed by atoms with Gasteiger partial charge in [-0.3, -0.25) is 14.5 Å². The molecule has 1 unspecified atom stereocenters. The van der Waals surface area contributed by atoms with Crippen LogP contribution in [0.3, 0.4) is 0 Å². The van der Waals surface area contributed by atoms with E-state index in [0.717, 1.165) is 6.42 Å². The van der Waals surface area contributed by atoms with Crippen molar-refractivity contribution >= 4 is 11.8 Å². The van der Waals surface area contributed by atoms with Crippen LogP contribution in [0.2, 0.25) is 0 Å². The number of benzene rings is 1. The maximum Gasteiger partial charge on any atom is 0.261 e. The fourth-order valence-electron chi connectivity index (χ4n) is 1.79. The van der Waals surface area contributed by atoms with E-state index in [0.29, 0.717) is 11.1 Å². The van der Waals surface area contributed by atoms with Crippen LogP contribution in [-0.4, -0.2) is 22.8 Å². The molecule has 3 heteroatoms. The molecule has 15 heavy (non-hydrogen) atoms. The van der Waals surface area contributed by atoms with Gasteiger partial charge in [-0.05, 0) is 25.5 Å². The number of hydrogen-bond donors (Lipinski definition) is 0. The van der Waals surface area contributed by atoms with Gasteiger partial charge in [0.2, 0.25) is 0 Å². The second kappa shape index (κ2) is 3.50. The van der Waals surface area contributed by atoms with Crippen LogP contribution in [0.5, 0.6) is 0 Å². The Morgan fingerprint density at radius 2 is 1.60 bits per heavy atom. The van der Waals surface area contributed by atoms with Gasteiger partial charge in [0, 0.05) is 6.04 Å². The fraction of sp³-hybridized carbons (Fsp3) is 0.333. The van der Waals surface area contributed by atoms with Crippen molar-refractivity contribution < 1.29 is 9.59 Å². The van der Waals surface area contributed by atoms with E-state index in [1.54, 1.807) is 24.3 Å². The molecule has 0 N–H and O–H groups in total. The second-order valence-electron chi connectivity index (χ2n) is 3.78. The average Bonchev–Trinajstić information content (AvgIpc) is 2.52. The van der Waals surface area contributed by atoms with E-state index in [9.17, 15) is 9.59 Å². The van der Waals surface area contributed by atoms with Crippen LogP contribution in [0.4, 0.5) is 0 Å². The van der Waals surface area contributed by atoms with Crippen LogP contribution in [0.1, 0.15) is 41.0 Å². The van der Waals surface area contributed by atoms with Gasteiger partial charge in [0.15, 0.2) is 0 Å². The molecule has 2 amide bonds. The van der Waals surface area contributed by atoms with Gasteiger partial charge in [-0.2, -0.15) is 0 Å². The second-order valence-corrected chi connectivity index (χ2v) is 3.78. The van der Waals surface area contributed by atoms with Crippen molar-refractivity contribution in [2.75, 3.05) is 0 Å². The third kappa shape index (κ3) is 1.35. The van der Waals surface area contributed by atoms with Crippen LogP contribution >= 0.6 is 0 Å². The zero-order valence-corrected chi connectivity index (χ0v) is 8.86. The zero-order valence-electron chi connectivity index (χ0n) is 8.86.